The Morgan fingerprint density at radius 2 is 1.83 bits per heavy atom. The molecule has 0 spiro atoms. The van der Waals surface area contributed by atoms with Crippen LogP contribution in [0.4, 0.5) is 0 Å². The summed E-state index contributed by atoms with van der Waals surface area (Å²) >= 11 is 0. The fourth-order valence-corrected chi connectivity index (χ4v) is 3.07. The lowest BCUT2D eigenvalue weighted by Gasteiger charge is -2.27. The van der Waals surface area contributed by atoms with Crippen molar-refractivity contribution in [2.45, 2.75) is 57.9 Å². The van der Waals surface area contributed by atoms with E-state index >= 15 is 0 Å². The number of carboxylic acid groups (broad SMARTS) is 1. The molecule has 0 unspecified atom stereocenters. The van der Waals surface area contributed by atoms with E-state index in [1.807, 2.05) is 12.1 Å². The molecule has 5 nitrogen and oxygen atoms in total. The Bertz CT molecular complexity index is 628. The molecule has 1 amide bonds. The van der Waals surface area contributed by atoms with E-state index < -0.39 is 17.9 Å². The van der Waals surface area contributed by atoms with E-state index in [1.54, 1.807) is 12.1 Å². The first kappa shape index (κ1) is 18.2. The van der Waals surface area contributed by atoms with Crippen molar-refractivity contribution in [2.24, 2.45) is 5.92 Å². The molecular weight excluding hydrogens is 306 g/mol. The van der Waals surface area contributed by atoms with Crippen LogP contribution in [0.25, 0.3) is 0 Å². The van der Waals surface area contributed by atoms with Gasteiger partial charge in [-0.25, -0.2) is 4.79 Å². The summed E-state index contributed by atoms with van der Waals surface area (Å²) in [6.07, 6.45) is 2.06. The van der Waals surface area contributed by atoms with E-state index in [1.165, 1.54) is 0 Å². The van der Waals surface area contributed by atoms with Crippen molar-refractivity contribution >= 4 is 17.7 Å². The second-order valence-corrected chi connectivity index (χ2v) is 7.51. The standard InChI is InChI=1S/C19H25NO4/c1-19(2,3)14-9-7-12(8-10-14)17(22)20-16(18(23)24)13-5-4-6-15(21)11-13/h7-10,13,16H,4-6,11H2,1-3H3,(H,20,22)(H,23,24)/t13-,16-/m1/s1. The van der Waals surface area contributed by atoms with Gasteiger partial charge in [0.1, 0.15) is 11.8 Å². The molecule has 130 valence electrons. The van der Waals surface area contributed by atoms with E-state index in [4.69, 9.17) is 0 Å². The summed E-state index contributed by atoms with van der Waals surface area (Å²) in [6, 6.07) is 6.16. The number of nitrogens with one attached hydrogen (secondary N) is 1. The number of amides is 1. The highest BCUT2D eigenvalue weighted by molar-refractivity contribution is 5.96. The van der Waals surface area contributed by atoms with E-state index in [9.17, 15) is 19.5 Å². The van der Waals surface area contributed by atoms with E-state index in [0.29, 0.717) is 24.8 Å². The molecule has 0 saturated heterocycles. The Hall–Kier alpha value is -2.17. The number of hydrogen-bond donors (Lipinski definition) is 2. The molecule has 0 aromatic heterocycles. The number of carbonyl (C=O) groups excluding carboxylic acids is 2. The van der Waals surface area contributed by atoms with Crippen molar-refractivity contribution in [1.29, 1.82) is 0 Å². The quantitative estimate of drug-likeness (QED) is 0.888. The van der Waals surface area contributed by atoms with Gasteiger partial charge in [0.25, 0.3) is 5.91 Å². The molecule has 0 bridgehead atoms. The summed E-state index contributed by atoms with van der Waals surface area (Å²) in [5, 5.41) is 12.0. The number of Topliss-reactive ketones (excluding diaryl/α,β-unsaturated/α-hetero) is 1. The van der Waals surface area contributed by atoms with Crippen molar-refractivity contribution in [3.63, 3.8) is 0 Å². The lowest BCUT2D eigenvalue weighted by atomic mass is 9.83. The van der Waals surface area contributed by atoms with Gasteiger partial charge in [0, 0.05) is 18.4 Å². The minimum Gasteiger partial charge on any atom is -0.480 e. The molecule has 2 N–H and O–H groups in total. The monoisotopic (exact) mass is 331 g/mol. The van der Waals surface area contributed by atoms with Crippen LogP contribution in [0.5, 0.6) is 0 Å². The van der Waals surface area contributed by atoms with Crippen LogP contribution >= 0.6 is 0 Å². The lowest BCUT2D eigenvalue weighted by Crippen LogP contribution is -2.47. The van der Waals surface area contributed by atoms with Crippen LogP contribution in [-0.2, 0) is 15.0 Å². The zero-order valence-corrected chi connectivity index (χ0v) is 14.5. The van der Waals surface area contributed by atoms with Crippen LogP contribution < -0.4 is 5.32 Å². The van der Waals surface area contributed by atoms with Gasteiger partial charge in [-0.05, 0) is 41.9 Å². The molecule has 2 atom stereocenters. The zero-order chi connectivity index (χ0) is 17.9. The fourth-order valence-electron chi connectivity index (χ4n) is 3.07. The summed E-state index contributed by atoms with van der Waals surface area (Å²) in [5.74, 6) is -1.77. The highest BCUT2D eigenvalue weighted by Crippen LogP contribution is 2.25. The molecule has 1 aromatic rings. The first-order valence-corrected chi connectivity index (χ1v) is 8.34. The molecule has 24 heavy (non-hydrogen) atoms. The summed E-state index contributed by atoms with van der Waals surface area (Å²) in [5.41, 5.74) is 1.52. The third-order valence-corrected chi connectivity index (χ3v) is 4.56. The normalized spacial score (nSPS) is 19.6. The molecule has 0 heterocycles. The van der Waals surface area contributed by atoms with E-state index in [2.05, 4.69) is 26.1 Å². The number of aliphatic carboxylic acids is 1. The van der Waals surface area contributed by atoms with Crippen molar-refractivity contribution in [1.82, 2.24) is 5.32 Å². The van der Waals surface area contributed by atoms with Crippen LogP contribution in [0.15, 0.2) is 24.3 Å². The maximum Gasteiger partial charge on any atom is 0.326 e. The first-order chi connectivity index (χ1) is 11.2. The summed E-state index contributed by atoms with van der Waals surface area (Å²) in [4.78, 5) is 35.5. The smallest absolute Gasteiger partial charge is 0.326 e. The molecule has 1 aromatic carbocycles. The molecular formula is C19H25NO4. The molecule has 1 fully saturated rings. The highest BCUT2D eigenvalue weighted by atomic mass is 16.4. The molecule has 2 rings (SSSR count). The maximum absolute atomic E-state index is 12.4. The molecule has 1 aliphatic carbocycles. The minimum atomic E-state index is -1.09. The summed E-state index contributed by atoms with van der Waals surface area (Å²) in [6.45, 7) is 6.26. The maximum atomic E-state index is 12.4. The van der Waals surface area contributed by atoms with Crippen LogP contribution in [0.1, 0.15) is 62.4 Å². The predicted octanol–water partition coefficient (Wildman–Crippen LogP) is 2.93. The van der Waals surface area contributed by atoms with Crippen LogP contribution in [0, 0.1) is 5.92 Å². The topological polar surface area (TPSA) is 83.5 Å². The van der Waals surface area contributed by atoms with Crippen LogP contribution in [0.3, 0.4) is 0 Å². The second-order valence-electron chi connectivity index (χ2n) is 7.51. The number of hydrogen-bond acceptors (Lipinski definition) is 3. The van der Waals surface area contributed by atoms with Gasteiger partial charge in [-0.15, -0.1) is 0 Å². The third kappa shape index (κ3) is 4.43. The van der Waals surface area contributed by atoms with Crippen molar-refractivity contribution < 1.29 is 19.5 Å². The molecule has 5 heteroatoms. The fraction of sp³-hybridized carbons (Fsp3) is 0.526. The Kier molecular flexibility index (Phi) is 5.42. The number of ketones is 1. The van der Waals surface area contributed by atoms with Crippen molar-refractivity contribution in [3.05, 3.63) is 35.4 Å². The largest absolute Gasteiger partial charge is 0.480 e. The van der Waals surface area contributed by atoms with Gasteiger partial charge in [0.05, 0.1) is 0 Å². The second kappa shape index (κ2) is 7.16. The Balaban J connectivity index is 2.10. The van der Waals surface area contributed by atoms with Gasteiger partial charge < -0.3 is 10.4 Å². The van der Waals surface area contributed by atoms with Gasteiger partial charge in [0.15, 0.2) is 0 Å². The highest BCUT2D eigenvalue weighted by Gasteiger charge is 2.33. The van der Waals surface area contributed by atoms with Gasteiger partial charge in [-0.2, -0.15) is 0 Å². The Labute approximate surface area is 142 Å². The van der Waals surface area contributed by atoms with E-state index in [0.717, 1.165) is 5.56 Å². The summed E-state index contributed by atoms with van der Waals surface area (Å²) in [7, 11) is 0. The number of benzene rings is 1. The third-order valence-electron chi connectivity index (χ3n) is 4.56. The molecule has 1 saturated carbocycles. The van der Waals surface area contributed by atoms with Gasteiger partial charge in [-0.1, -0.05) is 32.9 Å². The Morgan fingerprint density at radius 3 is 2.33 bits per heavy atom. The molecule has 1 aliphatic rings. The first-order valence-electron chi connectivity index (χ1n) is 8.34. The zero-order valence-electron chi connectivity index (χ0n) is 14.5. The summed E-state index contributed by atoms with van der Waals surface area (Å²) < 4.78 is 0. The lowest BCUT2D eigenvalue weighted by molar-refractivity contribution is -0.141. The van der Waals surface area contributed by atoms with Crippen molar-refractivity contribution in [2.75, 3.05) is 0 Å². The van der Waals surface area contributed by atoms with Gasteiger partial charge in [0.2, 0.25) is 0 Å². The Morgan fingerprint density at radius 1 is 1.21 bits per heavy atom. The van der Waals surface area contributed by atoms with Crippen LogP contribution in [0.2, 0.25) is 0 Å². The molecule has 0 aliphatic heterocycles. The average molecular weight is 331 g/mol. The van der Waals surface area contributed by atoms with Gasteiger partial charge >= 0.3 is 5.97 Å². The van der Waals surface area contributed by atoms with Crippen LogP contribution in [-0.4, -0.2) is 28.8 Å². The SMILES string of the molecule is CC(C)(C)c1ccc(C(=O)N[C@@H](C(=O)O)[C@@H]2CCCC(=O)C2)cc1. The van der Waals surface area contributed by atoms with Gasteiger partial charge in [-0.3, -0.25) is 9.59 Å². The number of carbonyl (C=O) groups is 3. The number of rotatable bonds is 4. The predicted molar refractivity (Wildman–Crippen MR) is 91.0 cm³/mol. The average Bonchev–Trinajstić information content (AvgIpc) is 2.51. The number of carboxylic acids is 1. The molecule has 0 radical (unpaired) electrons. The minimum absolute atomic E-state index is 0.0128. The van der Waals surface area contributed by atoms with E-state index in [-0.39, 0.29) is 23.5 Å². The van der Waals surface area contributed by atoms with Crippen molar-refractivity contribution in [3.8, 4) is 0 Å².